The Morgan fingerprint density at radius 3 is 2.60 bits per heavy atom. The van der Waals surface area contributed by atoms with Gasteiger partial charge in [-0.3, -0.25) is 4.79 Å². The van der Waals surface area contributed by atoms with Crippen molar-refractivity contribution in [3.05, 3.63) is 24.3 Å². The Kier molecular flexibility index (Phi) is 5.31. The lowest BCUT2D eigenvalue weighted by atomic mass is 10.1. The van der Waals surface area contributed by atoms with Crippen LogP contribution in [-0.4, -0.2) is 67.2 Å². The first-order valence-corrected chi connectivity index (χ1v) is 8.68. The molecule has 0 bridgehead atoms. The number of piperidine rings is 1. The van der Waals surface area contributed by atoms with Crippen molar-refractivity contribution in [2.75, 3.05) is 33.3 Å². The van der Waals surface area contributed by atoms with E-state index in [1.165, 1.54) is 0 Å². The number of likely N-dealkylation sites (N-methyl/N-ethyl adjacent to an activating group) is 1. The lowest BCUT2D eigenvalue weighted by molar-refractivity contribution is -0.129. The number of hydrogen-bond acceptors (Lipinski definition) is 4. The molecule has 1 aromatic carbocycles. The minimum absolute atomic E-state index is 0.0941. The molecule has 0 radical (unpaired) electrons. The fraction of sp³-hybridized carbons (Fsp3) is 0.556. The van der Waals surface area contributed by atoms with Crippen molar-refractivity contribution in [1.29, 1.82) is 0 Å². The first-order chi connectivity index (χ1) is 12.0. The van der Waals surface area contributed by atoms with Gasteiger partial charge < -0.3 is 24.6 Å². The molecule has 7 nitrogen and oxygen atoms in total. The quantitative estimate of drug-likeness (QED) is 0.899. The highest BCUT2D eigenvalue weighted by atomic mass is 16.6. The number of ether oxygens (including phenoxy) is 2. The number of carbonyl (C=O) groups excluding carboxylic acids is 2. The lowest BCUT2D eigenvalue weighted by Crippen LogP contribution is -2.51. The van der Waals surface area contributed by atoms with Crippen LogP contribution in [0.4, 0.5) is 4.79 Å². The zero-order valence-corrected chi connectivity index (χ0v) is 14.7. The monoisotopic (exact) mass is 347 g/mol. The Hall–Kier alpha value is -2.44. The van der Waals surface area contributed by atoms with Gasteiger partial charge in [-0.2, -0.15) is 0 Å². The number of urea groups is 1. The van der Waals surface area contributed by atoms with Gasteiger partial charge in [-0.05, 0) is 25.0 Å². The van der Waals surface area contributed by atoms with E-state index in [2.05, 4.69) is 5.32 Å². The lowest BCUT2D eigenvalue weighted by Gasteiger charge is -2.33. The molecule has 7 heteroatoms. The summed E-state index contributed by atoms with van der Waals surface area (Å²) in [6.45, 7) is 3.84. The summed E-state index contributed by atoms with van der Waals surface area (Å²) in [5, 5.41) is 3.04. The van der Waals surface area contributed by atoms with E-state index >= 15 is 0 Å². The predicted molar refractivity (Wildman–Crippen MR) is 92.8 cm³/mol. The van der Waals surface area contributed by atoms with Crippen LogP contribution in [0, 0.1) is 0 Å². The molecule has 1 N–H and O–H groups in total. The van der Waals surface area contributed by atoms with Gasteiger partial charge in [0.15, 0.2) is 17.6 Å². The normalized spacial score (nSPS) is 20.1. The molecule has 1 saturated heterocycles. The zero-order chi connectivity index (χ0) is 17.8. The molecule has 3 rings (SSSR count). The van der Waals surface area contributed by atoms with E-state index in [0.717, 1.165) is 18.6 Å². The number of fused-ring (bicyclic) bond motifs is 1. The standard InChI is InChI=1S/C18H25N3O4/c1-13(22)21-9-7-14(8-10-21)19-18(23)20(2)11-15-12-24-16-5-3-4-6-17(16)25-15/h3-6,14-15H,7-12H2,1-2H3,(H,19,23). The predicted octanol–water partition coefficient (Wildman–Crippen LogP) is 1.48. The van der Waals surface area contributed by atoms with Crippen LogP contribution in [0.15, 0.2) is 24.3 Å². The Morgan fingerprint density at radius 1 is 1.24 bits per heavy atom. The maximum atomic E-state index is 12.4. The van der Waals surface area contributed by atoms with Crippen LogP contribution < -0.4 is 14.8 Å². The Bertz CT molecular complexity index is 629. The number of nitrogens with zero attached hydrogens (tertiary/aromatic N) is 2. The van der Waals surface area contributed by atoms with E-state index in [-0.39, 0.29) is 24.1 Å². The van der Waals surface area contributed by atoms with Crippen LogP contribution in [0.5, 0.6) is 11.5 Å². The van der Waals surface area contributed by atoms with Crippen molar-refractivity contribution in [2.24, 2.45) is 0 Å². The fourth-order valence-corrected chi connectivity index (χ4v) is 3.16. The molecular weight excluding hydrogens is 322 g/mol. The molecule has 25 heavy (non-hydrogen) atoms. The van der Waals surface area contributed by atoms with Gasteiger partial charge >= 0.3 is 6.03 Å². The van der Waals surface area contributed by atoms with E-state index in [0.29, 0.717) is 32.0 Å². The van der Waals surface area contributed by atoms with E-state index in [1.54, 1.807) is 18.9 Å². The number of hydrogen-bond donors (Lipinski definition) is 1. The summed E-state index contributed by atoms with van der Waals surface area (Å²) in [6, 6.07) is 7.52. The fourth-order valence-electron chi connectivity index (χ4n) is 3.16. The van der Waals surface area contributed by atoms with Crippen LogP contribution in [0.2, 0.25) is 0 Å². The summed E-state index contributed by atoms with van der Waals surface area (Å²) in [4.78, 5) is 27.2. The zero-order valence-electron chi connectivity index (χ0n) is 14.7. The van der Waals surface area contributed by atoms with Crippen molar-refractivity contribution < 1.29 is 19.1 Å². The average Bonchev–Trinajstić information content (AvgIpc) is 2.62. The number of amides is 3. The van der Waals surface area contributed by atoms with Gasteiger partial charge in [-0.1, -0.05) is 12.1 Å². The molecule has 0 saturated carbocycles. The number of rotatable bonds is 3. The number of likely N-dealkylation sites (tertiary alicyclic amines) is 1. The largest absolute Gasteiger partial charge is 0.486 e. The maximum Gasteiger partial charge on any atom is 0.317 e. The van der Waals surface area contributed by atoms with Crippen molar-refractivity contribution in [2.45, 2.75) is 31.9 Å². The molecule has 2 heterocycles. The van der Waals surface area contributed by atoms with Gasteiger partial charge in [0.1, 0.15) is 6.61 Å². The number of para-hydroxylation sites is 2. The van der Waals surface area contributed by atoms with Gasteiger partial charge in [0.2, 0.25) is 5.91 Å². The van der Waals surface area contributed by atoms with Gasteiger partial charge in [0.05, 0.1) is 6.54 Å². The van der Waals surface area contributed by atoms with Crippen molar-refractivity contribution >= 4 is 11.9 Å². The molecule has 0 aliphatic carbocycles. The van der Waals surface area contributed by atoms with Crippen LogP contribution in [-0.2, 0) is 4.79 Å². The molecule has 0 spiro atoms. The summed E-state index contributed by atoms with van der Waals surface area (Å²) in [7, 11) is 1.75. The Balaban J connectivity index is 1.45. The second kappa shape index (κ2) is 7.63. The van der Waals surface area contributed by atoms with E-state index in [9.17, 15) is 9.59 Å². The summed E-state index contributed by atoms with van der Waals surface area (Å²) >= 11 is 0. The summed E-state index contributed by atoms with van der Waals surface area (Å²) < 4.78 is 11.6. The third kappa shape index (κ3) is 4.35. The third-order valence-electron chi connectivity index (χ3n) is 4.66. The highest BCUT2D eigenvalue weighted by Crippen LogP contribution is 2.30. The van der Waals surface area contributed by atoms with Gasteiger partial charge in [-0.25, -0.2) is 4.79 Å². The van der Waals surface area contributed by atoms with Crippen molar-refractivity contribution in [1.82, 2.24) is 15.1 Å². The van der Waals surface area contributed by atoms with Crippen molar-refractivity contribution in [3.63, 3.8) is 0 Å². The molecule has 2 aliphatic heterocycles. The first kappa shape index (κ1) is 17.4. The van der Waals surface area contributed by atoms with Crippen LogP contribution in [0.1, 0.15) is 19.8 Å². The molecule has 2 aliphatic rings. The van der Waals surface area contributed by atoms with Crippen LogP contribution >= 0.6 is 0 Å². The number of carbonyl (C=O) groups is 2. The molecule has 136 valence electrons. The number of benzene rings is 1. The molecule has 1 aromatic rings. The number of nitrogens with one attached hydrogen (secondary N) is 1. The molecule has 1 unspecified atom stereocenters. The Labute approximate surface area is 147 Å². The maximum absolute atomic E-state index is 12.4. The summed E-state index contributed by atoms with van der Waals surface area (Å²) in [5.74, 6) is 1.55. The first-order valence-electron chi connectivity index (χ1n) is 8.68. The molecule has 1 atom stereocenters. The van der Waals surface area contributed by atoms with Gasteiger partial charge in [0.25, 0.3) is 0 Å². The highest BCUT2D eigenvalue weighted by molar-refractivity contribution is 5.75. The van der Waals surface area contributed by atoms with Crippen molar-refractivity contribution in [3.8, 4) is 11.5 Å². The topological polar surface area (TPSA) is 71.1 Å². The van der Waals surface area contributed by atoms with Gasteiger partial charge in [0, 0.05) is 33.1 Å². The molecule has 0 aromatic heterocycles. The summed E-state index contributed by atoms with van der Waals surface area (Å²) in [6.07, 6.45) is 1.38. The second-order valence-electron chi connectivity index (χ2n) is 6.61. The van der Waals surface area contributed by atoms with E-state index in [1.807, 2.05) is 29.2 Å². The summed E-state index contributed by atoms with van der Waals surface area (Å²) in [5.41, 5.74) is 0. The second-order valence-corrected chi connectivity index (χ2v) is 6.61. The molecule has 1 fully saturated rings. The third-order valence-corrected chi connectivity index (χ3v) is 4.66. The smallest absolute Gasteiger partial charge is 0.317 e. The minimum Gasteiger partial charge on any atom is -0.486 e. The highest BCUT2D eigenvalue weighted by Gasteiger charge is 2.26. The molecular formula is C18H25N3O4. The molecule has 3 amide bonds. The van der Waals surface area contributed by atoms with Gasteiger partial charge in [-0.15, -0.1) is 0 Å². The van der Waals surface area contributed by atoms with Crippen LogP contribution in [0.3, 0.4) is 0 Å². The SMILES string of the molecule is CC(=O)N1CCC(NC(=O)N(C)CC2COc3ccccc3O2)CC1. The van der Waals surface area contributed by atoms with E-state index in [4.69, 9.17) is 9.47 Å². The minimum atomic E-state index is -0.190. The van der Waals surface area contributed by atoms with Crippen LogP contribution in [0.25, 0.3) is 0 Å². The average molecular weight is 347 g/mol. The Morgan fingerprint density at radius 2 is 1.92 bits per heavy atom. The van der Waals surface area contributed by atoms with E-state index < -0.39 is 0 Å².